The van der Waals surface area contributed by atoms with Gasteiger partial charge in [0.1, 0.15) is 0 Å². The first-order chi connectivity index (χ1) is 9.19. The minimum Gasteiger partial charge on any atom is -0.396 e. The molecule has 0 radical (unpaired) electrons. The van der Waals surface area contributed by atoms with Crippen molar-refractivity contribution in [3.63, 3.8) is 0 Å². The fourth-order valence-electron chi connectivity index (χ4n) is 1.74. The first-order valence-electron chi connectivity index (χ1n) is 6.45. The highest BCUT2D eigenvalue weighted by atomic mass is 32.2. The first kappa shape index (κ1) is 15.9. The van der Waals surface area contributed by atoms with Gasteiger partial charge in [0.05, 0.1) is 0 Å². The normalized spacial score (nSPS) is 11.9. The van der Waals surface area contributed by atoms with Crippen molar-refractivity contribution in [1.82, 2.24) is 5.32 Å². The second kappa shape index (κ2) is 8.82. The molecule has 5 heteroatoms. The lowest BCUT2D eigenvalue weighted by Crippen LogP contribution is -2.38. The largest absolute Gasteiger partial charge is 0.396 e. The van der Waals surface area contributed by atoms with Crippen LogP contribution in [0.2, 0.25) is 0 Å². The number of aliphatic hydroxyl groups excluding tert-OH is 1. The molecule has 0 bridgehead atoms. The third kappa shape index (κ3) is 5.98. The van der Waals surface area contributed by atoms with E-state index in [1.165, 1.54) is 5.56 Å². The summed E-state index contributed by atoms with van der Waals surface area (Å²) in [5, 5.41) is 14.5. The molecule has 4 nitrogen and oxygen atoms in total. The van der Waals surface area contributed by atoms with E-state index in [4.69, 9.17) is 5.11 Å². The van der Waals surface area contributed by atoms with Crippen LogP contribution in [0.4, 0.5) is 10.5 Å². The van der Waals surface area contributed by atoms with Crippen molar-refractivity contribution >= 4 is 23.5 Å². The Hall–Kier alpha value is -1.20. The molecule has 0 fully saturated rings. The van der Waals surface area contributed by atoms with Crippen molar-refractivity contribution in [2.24, 2.45) is 0 Å². The number of nitrogens with one attached hydrogen (secondary N) is 2. The second-order valence-electron chi connectivity index (χ2n) is 4.35. The van der Waals surface area contributed by atoms with E-state index >= 15 is 0 Å². The molecule has 0 aromatic heterocycles. The van der Waals surface area contributed by atoms with Gasteiger partial charge in [-0.05, 0) is 36.8 Å². The van der Waals surface area contributed by atoms with Crippen LogP contribution < -0.4 is 10.6 Å². The Bertz CT molecular complexity index is 382. The first-order valence-corrected chi connectivity index (χ1v) is 7.85. The van der Waals surface area contributed by atoms with Crippen molar-refractivity contribution in [1.29, 1.82) is 0 Å². The SMILES string of the molecule is CCC(CCO)NC(=O)Nc1ccc(CSC)cc1. The second-order valence-corrected chi connectivity index (χ2v) is 5.21. The van der Waals surface area contributed by atoms with Gasteiger partial charge in [-0.3, -0.25) is 0 Å². The number of hydrogen-bond donors (Lipinski definition) is 3. The van der Waals surface area contributed by atoms with Crippen molar-refractivity contribution in [3.8, 4) is 0 Å². The molecule has 1 aromatic rings. The summed E-state index contributed by atoms with van der Waals surface area (Å²) >= 11 is 1.77. The molecule has 2 amide bonds. The third-order valence-corrected chi connectivity index (χ3v) is 3.45. The lowest BCUT2D eigenvalue weighted by molar-refractivity contribution is 0.237. The zero-order chi connectivity index (χ0) is 14.1. The Kier molecular flexibility index (Phi) is 7.36. The Morgan fingerprint density at radius 1 is 1.37 bits per heavy atom. The van der Waals surface area contributed by atoms with Crippen molar-refractivity contribution in [3.05, 3.63) is 29.8 Å². The summed E-state index contributed by atoms with van der Waals surface area (Å²) in [7, 11) is 0. The van der Waals surface area contributed by atoms with Crippen LogP contribution >= 0.6 is 11.8 Å². The summed E-state index contributed by atoms with van der Waals surface area (Å²) < 4.78 is 0. The molecule has 0 aliphatic carbocycles. The molecule has 0 aliphatic rings. The Balaban J connectivity index is 2.47. The number of aliphatic hydroxyl groups is 1. The van der Waals surface area contributed by atoms with Gasteiger partial charge in [-0.1, -0.05) is 19.1 Å². The number of hydrogen-bond acceptors (Lipinski definition) is 3. The highest BCUT2D eigenvalue weighted by Crippen LogP contribution is 2.13. The van der Waals surface area contributed by atoms with E-state index in [0.717, 1.165) is 17.9 Å². The molecule has 1 unspecified atom stereocenters. The van der Waals surface area contributed by atoms with Gasteiger partial charge >= 0.3 is 6.03 Å². The van der Waals surface area contributed by atoms with Crippen LogP contribution in [0.5, 0.6) is 0 Å². The summed E-state index contributed by atoms with van der Waals surface area (Å²) in [6.07, 6.45) is 3.45. The number of anilines is 1. The van der Waals surface area contributed by atoms with E-state index in [2.05, 4.69) is 16.9 Å². The van der Waals surface area contributed by atoms with E-state index in [0.29, 0.717) is 6.42 Å². The summed E-state index contributed by atoms with van der Waals surface area (Å²) in [6, 6.07) is 7.61. The van der Waals surface area contributed by atoms with Crippen molar-refractivity contribution < 1.29 is 9.90 Å². The van der Waals surface area contributed by atoms with Gasteiger partial charge < -0.3 is 15.7 Å². The van der Waals surface area contributed by atoms with E-state index in [1.807, 2.05) is 31.2 Å². The molecule has 1 aromatic carbocycles. The van der Waals surface area contributed by atoms with Crippen LogP contribution in [-0.2, 0) is 5.75 Å². The molecule has 0 spiro atoms. The monoisotopic (exact) mass is 282 g/mol. The van der Waals surface area contributed by atoms with Gasteiger partial charge in [0.2, 0.25) is 0 Å². The van der Waals surface area contributed by atoms with E-state index in [-0.39, 0.29) is 18.7 Å². The van der Waals surface area contributed by atoms with Crippen molar-refractivity contribution in [2.75, 3.05) is 18.2 Å². The van der Waals surface area contributed by atoms with Gasteiger partial charge in [0, 0.05) is 24.1 Å². The topological polar surface area (TPSA) is 61.4 Å². The number of urea groups is 1. The minimum atomic E-state index is -0.224. The summed E-state index contributed by atoms with van der Waals surface area (Å²) in [5.74, 6) is 0.973. The summed E-state index contributed by atoms with van der Waals surface area (Å²) in [4.78, 5) is 11.8. The van der Waals surface area contributed by atoms with Gasteiger partial charge in [0.25, 0.3) is 0 Å². The fourth-order valence-corrected chi connectivity index (χ4v) is 2.26. The molecule has 0 aliphatic heterocycles. The number of thioether (sulfide) groups is 1. The Morgan fingerprint density at radius 3 is 2.58 bits per heavy atom. The molecule has 0 saturated heterocycles. The van der Waals surface area contributed by atoms with E-state index < -0.39 is 0 Å². The summed E-state index contributed by atoms with van der Waals surface area (Å²) in [5.41, 5.74) is 2.02. The lowest BCUT2D eigenvalue weighted by atomic mass is 10.1. The lowest BCUT2D eigenvalue weighted by Gasteiger charge is -2.16. The van der Waals surface area contributed by atoms with Crippen LogP contribution in [-0.4, -0.2) is 30.0 Å². The number of carbonyl (C=O) groups excluding carboxylic acids is 1. The maximum Gasteiger partial charge on any atom is 0.319 e. The molecule has 1 atom stereocenters. The maximum atomic E-state index is 11.8. The molecule has 19 heavy (non-hydrogen) atoms. The zero-order valence-corrected chi connectivity index (χ0v) is 12.3. The van der Waals surface area contributed by atoms with Crippen LogP contribution in [0.25, 0.3) is 0 Å². The minimum absolute atomic E-state index is 0.0146. The molecular weight excluding hydrogens is 260 g/mol. The van der Waals surface area contributed by atoms with Gasteiger partial charge in [0.15, 0.2) is 0 Å². The van der Waals surface area contributed by atoms with Crippen molar-refractivity contribution in [2.45, 2.75) is 31.6 Å². The van der Waals surface area contributed by atoms with Gasteiger partial charge in [-0.15, -0.1) is 0 Å². The van der Waals surface area contributed by atoms with Crippen LogP contribution in [0.15, 0.2) is 24.3 Å². The molecule has 1 rings (SSSR count). The highest BCUT2D eigenvalue weighted by Gasteiger charge is 2.09. The standard InChI is InChI=1S/C14H22N2O2S/c1-3-12(8-9-17)15-14(18)16-13-6-4-11(5-7-13)10-19-2/h4-7,12,17H,3,8-10H2,1-2H3,(H2,15,16,18). The van der Waals surface area contributed by atoms with E-state index in [1.54, 1.807) is 11.8 Å². The number of amides is 2. The quantitative estimate of drug-likeness (QED) is 0.720. The van der Waals surface area contributed by atoms with Gasteiger partial charge in [-0.25, -0.2) is 4.79 Å². The summed E-state index contributed by atoms with van der Waals surface area (Å²) in [6.45, 7) is 2.07. The highest BCUT2D eigenvalue weighted by molar-refractivity contribution is 7.97. The van der Waals surface area contributed by atoms with Crippen LogP contribution in [0, 0.1) is 0 Å². The third-order valence-electron chi connectivity index (χ3n) is 2.83. The molecule has 0 saturated carbocycles. The Morgan fingerprint density at radius 2 is 2.05 bits per heavy atom. The molecule has 0 heterocycles. The smallest absolute Gasteiger partial charge is 0.319 e. The van der Waals surface area contributed by atoms with Crippen LogP contribution in [0.3, 0.4) is 0 Å². The molecular formula is C14H22N2O2S. The molecule has 106 valence electrons. The zero-order valence-electron chi connectivity index (χ0n) is 11.5. The van der Waals surface area contributed by atoms with Gasteiger partial charge in [-0.2, -0.15) is 11.8 Å². The van der Waals surface area contributed by atoms with E-state index in [9.17, 15) is 4.79 Å². The number of benzene rings is 1. The average Bonchev–Trinajstić information content (AvgIpc) is 2.41. The fraction of sp³-hybridized carbons (Fsp3) is 0.500. The predicted octanol–water partition coefficient (Wildman–Crippen LogP) is 2.83. The number of rotatable bonds is 7. The Labute approximate surface area is 119 Å². The average molecular weight is 282 g/mol. The predicted molar refractivity (Wildman–Crippen MR) is 81.6 cm³/mol. The van der Waals surface area contributed by atoms with Crippen LogP contribution in [0.1, 0.15) is 25.3 Å². The number of carbonyl (C=O) groups is 1. The maximum absolute atomic E-state index is 11.8. The molecule has 3 N–H and O–H groups in total.